The lowest BCUT2D eigenvalue weighted by atomic mass is 9.69. The second-order valence-corrected chi connectivity index (χ2v) is 6.92. The van der Waals surface area contributed by atoms with Gasteiger partial charge < -0.3 is 10.2 Å². The van der Waals surface area contributed by atoms with E-state index >= 15 is 0 Å². The Kier molecular flexibility index (Phi) is 5.05. The molecule has 0 radical (unpaired) electrons. The number of benzene rings is 1. The van der Waals surface area contributed by atoms with Gasteiger partial charge in [0.1, 0.15) is 5.82 Å². The van der Waals surface area contributed by atoms with Gasteiger partial charge in [-0.1, -0.05) is 25.8 Å². The van der Waals surface area contributed by atoms with E-state index < -0.39 is 0 Å². The first-order chi connectivity index (χ1) is 9.90. The van der Waals surface area contributed by atoms with Crippen molar-refractivity contribution in [3.8, 4) is 0 Å². The fourth-order valence-corrected chi connectivity index (χ4v) is 4.13. The smallest absolute Gasteiger partial charge is 0.123 e. The van der Waals surface area contributed by atoms with Crippen molar-refractivity contribution in [2.24, 2.45) is 5.92 Å². The number of rotatable bonds is 4. The average molecular weight is 292 g/mol. The lowest BCUT2D eigenvalue weighted by Crippen LogP contribution is -2.55. The van der Waals surface area contributed by atoms with Gasteiger partial charge in [0.25, 0.3) is 0 Å². The van der Waals surface area contributed by atoms with Crippen LogP contribution in [0.5, 0.6) is 0 Å². The van der Waals surface area contributed by atoms with Gasteiger partial charge in [-0.15, -0.1) is 0 Å². The Hall–Kier alpha value is -0.930. The third-order valence-electron chi connectivity index (χ3n) is 5.28. The molecule has 0 heterocycles. The van der Waals surface area contributed by atoms with E-state index in [1.165, 1.54) is 12.8 Å². The second-order valence-electron chi connectivity index (χ2n) is 6.92. The van der Waals surface area contributed by atoms with Crippen LogP contribution in [0.4, 0.5) is 4.39 Å². The van der Waals surface area contributed by atoms with E-state index in [9.17, 15) is 4.39 Å². The molecule has 1 aromatic carbocycles. The van der Waals surface area contributed by atoms with Crippen molar-refractivity contribution >= 4 is 0 Å². The number of hydrogen-bond acceptors (Lipinski definition) is 2. The van der Waals surface area contributed by atoms with E-state index in [-0.39, 0.29) is 17.4 Å². The molecule has 1 aliphatic rings. The third-order valence-corrected chi connectivity index (χ3v) is 5.28. The SMILES string of the molecule is CNC(c1cc(F)ccc1C)C1(N(C)C)CCCC(C)C1. The minimum Gasteiger partial charge on any atom is -0.311 e. The van der Waals surface area contributed by atoms with Gasteiger partial charge in [-0.3, -0.25) is 0 Å². The lowest BCUT2D eigenvalue weighted by Gasteiger charge is -2.50. The monoisotopic (exact) mass is 292 g/mol. The highest BCUT2D eigenvalue weighted by molar-refractivity contribution is 5.32. The van der Waals surface area contributed by atoms with Crippen LogP contribution in [0.15, 0.2) is 18.2 Å². The van der Waals surface area contributed by atoms with E-state index in [1.807, 2.05) is 13.1 Å². The minimum absolute atomic E-state index is 0.0605. The summed E-state index contributed by atoms with van der Waals surface area (Å²) < 4.78 is 13.8. The summed E-state index contributed by atoms with van der Waals surface area (Å²) in [5.74, 6) is 0.569. The quantitative estimate of drug-likeness (QED) is 0.905. The number of nitrogens with zero attached hydrogens (tertiary/aromatic N) is 1. The fourth-order valence-electron chi connectivity index (χ4n) is 4.13. The predicted octanol–water partition coefficient (Wildman–Crippen LogP) is 3.91. The van der Waals surface area contributed by atoms with E-state index in [0.29, 0.717) is 5.92 Å². The first kappa shape index (κ1) is 16.4. The molecular formula is C18H29FN2. The van der Waals surface area contributed by atoms with Crippen LogP contribution in [0.3, 0.4) is 0 Å². The summed E-state index contributed by atoms with van der Waals surface area (Å²) in [4.78, 5) is 2.36. The molecule has 1 aliphatic carbocycles. The van der Waals surface area contributed by atoms with Crippen molar-refractivity contribution in [1.29, 1.82) is 0 Å². The normalized spacial score (nSPS) is 27.9. The Bertz CT molecular complexity index is 486. The van der Waals surface area contributed by atoms with Crippen molar-refractivity contribution in [2.75, 3.05) is 21.1 Å². The molecule has 1 aromatic rings. The van der Waals surface area contributed by atoms with Crippen LogP contribution in [0.25, 0.3) is 0 Å². The predicted molar refractivity (Wildman–Crippen MR) is 87.0 cm³/mol. The van der Waals surface area contributed by atoms with Gasteiger partial charge in [0, 0.05) is 5.54 Å². The van der Waals surface area contributed by atoms with Crippen LogP contribution in [-0.4, -0.2) is 31.6 Å². The molecular weight excluding hydrogens is 263 g/mol. The molecule has 0 aliphatic heterocycles. The molecule has 1 fully saturated rings. The largest absolute Gasteiger partial charge is 0.311 e. The minimum atomic E-state index is -0.145. The lowest BCUT2D eigenvalue weighted by molar-refractivity contribution is 0.0390. The average Bonchev–Trinajstić information content (AvgIpc) is 2.43. The highest BCUT2D eigenvalue weighted by Gasteiger charge is 2.44. The molecule has 2 nitrogen and oxygen atoms in total. The Labute approximate surface area is 128 Å². The van der Waals surface area contributed by atoms with Crippen molar-refractivity contribution in [1.82, 2.24) is 10.2 Å². The van der Waals surface area contributed by atoms with Gasteiger partial charge in [0.05, 0.1) is 6.04 Å². The Morgan fingerprint density at radius 3 is 2.67 bits per heavy atom. The van der Waals surface area contributed by atoms with Crippen LogP contribution in [0.1, 0.15) is 49.8 Å². The van der Waals surface area contributed by atoms with Crippen molar-refractivity contribution < 1.29 is 4.39 Å². The Balaban J connectivity index is 2.47. The van der Waals surface area contributed by atoms with E-state index in [4.69, 9.17) is 0 Å². The molecule has 1 saturated carbocycles. The molecule has 2 rings (SSSR count). The molecule has 0 aromatic heterocycles. The van der Waals surface area contributed by atoms with Crippen LogP contribution in [0, 0.1) is 18.7 Å². The van der Waals surface area contributed by atoms with Gasteiger partial charge in [0.2, 0.25) is 0 Å². The van der Waals surface area contributed by atoms with E-state index in [2.05, 4.69) is 38.2 Å². The molecule has 3 heteroatoms. The first-order valence-corrected chi connectivity index (χ1v) is 8.01. The summed E-state index contributed by atoms with van der Waals surface area (Å²) >= 11 is 0. The highest BCUT2D eigenvalue weighted by atomic mass is 19.1. The van der Waals surface area contributed by atoms with Crippen molar-refractivity contribution in [2.45, 2.75) is 51.1 Å². The summed E-state index contributed by atoms with van der Waals surface area (Å²) in [6, 6.07) is 5.31. The molecule has 0 amide bonds. The Morgan fingerprint density at radius 2 is 2.10 bits per heavy atom. The number of aryl methyl sites for hydroxylation is 1. The van der Waals surface area contributed by atoms with Crippen LogP contribution < -0.4 is 5.32 Å². The topological polar surface area (TPSA) is 15.3 Å². The summed E-state index contributed by atoms with van der Waals surface area (Å²) in [5.41, 5.74) is 2.32. The maximum Gasteiger partial charge on any atom is 0.123 e. The van der Waals surface area contributed by atoms with Crippen LogP contribution >= 0.6 is 0 Å². The Morgan fingerprint density at radius 1 is 1.38 bits per heavy atom. The zero-order valence-electron chi connectivity index (χ0n) is 14.0. The molecule has 0 spiro atoms. The fraction of sp³-hybridized carbons (Fsp3) is 0.667. The molecule has 1 N–H and O–H groups in total. The van der Waals surface area contributed by atoms with Crippen molar-refractivity contribution in [3.63, 3.8) is 0 Å². The van der Waals surface area contributed by atoms with Crippen molar-refractivity contribution in [3.05, 3.63) is 35.1 Å². The summed E-state index contributed by atoms with van der Waals surface area (Å²) in [7, 11) is 6.33. The van der Waals surface area contributed by atoms with E-state index in [1.54, 1.807) is 12.1 Å². The van der Waals surface area contributed by atoms with E-state index in [0.717, 1.165) is 24.0 Å². The van der Waals surface area contributed by atoms with Crippen LogP contribution in [0.2, 0.25) is 0 Å². The van der Waals surface area contributed by atoms with Crippen LogP contribution in [-0.2, 0) is 0 Å². The van der Waals surface area contributed by atoms with Gasteiger partial charge in [-0.2, -0.15) is 0 Å². The molecule has 0 bridgehead atoms. The summed E-state index contributed by atoms with van der Waals surface area (Å²) in [6.07, 6.45) is 4.85. The number of halogens is 1. The number of hydrogen-bond donors (Lipinski definition) is 1. The zero-order valence-corrected chi connectivity index (χ0v) is 14.0. The molecule has 0 saturated heterocycles. The molecule has 3 atom stereocenters. The molecule has 118 valence electrons. The number of nitrogens with one attached hydrogen (secondary N) is 1. The maximum absolute atomic E-state index is 13.8. The molecule has 21 heavy (non-hydrogen) atoms. The van der Waals surface area contributed by atoms with Gasteiger partial charge in [0.15, 0.2) is 0 Å². The summed E-state index contributed by atoms with van der Waals surface area (Å²) in [6.45, 7) is 4.41. The highest BCUT2D eigenvalue weighted by Crippen LogP contribution is 2.44. The first-order valence-electron chi connectivity index (χ1n) is 8.01. The second kappa shape index (κ2) is 6.45. The zero-order chi connectivity index (χ0) is 15.6. The third kappa shape index (κ3) is 3.14. The molecule has 3 unspecified atom stereocenters. The van der Waals surface area contributed by atoms with Gasteiger partial charge >= 0.3 is 0 Å². The van der Waals surface area contributed by atoms with Gasteiger partial charge in [-0.25, -0.2) is 4.39 Å². The number of likely N-dealkylation sites (N-methyl/N-ethyl adjacent to an activating group) is 2. The summed E-state index contributed by atoms with van der Waals surface area (Å²) in [5, 5.41) is 3.49. The van der Waals surface area contributed by atoms with Gasteiger partial charge in [-0.05, 0) is 70.1 Å². The maximum atomic E-state index is 13.8. The standard InChI is InChI=1S/C18H29FN2/c1-13-7-6-10-18(12-13,21(4)5)17(20-3)16-11-15(19)9-8-14(16)2/h8-9,11,13,17,20H,6-7,10,12H2,1-5H3.